The van der Waals surface area contributed by atoms with E-state index in [-0.39, 0.29) is 21.6 Å². The largest absolute Gasteiger partial charge is 0.355 e. The van der Waals surface area contributed by atoms with Gasteiger partial charge in [0.15, 0.2) is 0 Å². The average molecular weight is 644 g/mol. The Morgan fingerprint density at radius 2 is 1.51 bits per heavy atom. The van der Waals surface area contributed by atoms with Crippen LogP contribution in [0.2, 0.25) is 0 Å². The van der Waals surface area contributed by atoms with Crippen LogP contribution in [0.1, 0.15) is 12.8 Å². The number of carbonyl (C=O) groups excluding carboxylic acids is 1. The van der Waals surface area contributed by atoms with Gasteiger partial charge in [0.25, 0.3) is 10.0 Å². The van der Waals surface area contributed by atoms with E-state index in [4.69, 9.17) is 10.1 Å². The molecule has 0 radical (unpaired) electrons. The molecule has 2 aromatic heterocycles. The fraction of sp³-hybridized carbons (Fsp3) is 0.161. The number of pyridine rings is 1. The number of sulfonamides is 2. The molecule has 0 atom stereocenters. The molecule has 5 aromatic rings. The Hall–Kier alpha value is -4.92. The van der Waals surface area contributed by atoms with Gasteiger partial charge in [0.2, 0.25) is 15.9 Å². The number of aromatic nitrogens is 3. The van der Waals surface area contributed by atoms with Crippen molar-refractivity contribution in [2.75, 3.05) is 28.0 Å². The topological polar surface area (TPSA) is 177 Å². The van der Waals surface area contributed by atoms with Crippen molar-refractivity contribution in [2.45, 2.75) is 22.6 Å². The number of anilines is 3. The van der Waals surface area contributed by atoms with E-state index in [0.29, 0.717) is 59.7 Å². The lowest BCUT2D eigenvalue weighted by Crippen LogP contribution is -2.38. The molecule has 230 valence electrons. The molecular formula is C31H29N7O5S2. The van der Waals surface area contributed by atoms with Crippen molar-refractivity contribution in [3.63, 3.8) is 0 Å². The molecule has 45 heavy (non-hydrogen) atoms. The van der Waals surface area contributed by atoms with E-state index >= 15 is 0 Å². The Kier molecular flexibility index (Phi) is 8.18. The highest BCUT2D eigenvalue weighted by molar-refractivity contribution is 7.92. The van der Waals surface area contributed by atoms with Crippen molar-refractivity contribution >= 4 is 54.2 Å². The summed E-state index contributed by atoms with van der Waals surface area (Å²) in [5.41, 5.74) is 3.73. The molecule has 1 fully saturated rings. The minimum Gasteiger partial charge on any atom is -0.355 e. The van der Waals surface area contributed by atoms with Gasteiger partial charge in [-0.1, -0.05) is 24.3 Å². The van der Waals surface area contributed by atoms with Crippen LogP contribution in [0.25, 0.3) is 22.2 Å². The van der Waals surface area contributed by atoms with Gasteiger partial charge >= 0.3 is 0 Å². The zero-order valence-electron chi connectivity index (χ0n) is 23.9. The highest BCUT2D eigenvalue weighted by atomic mass is 32.2. The van der Waals surface area contributed by atoms with Crippen molar-refractivity contribution in [2.24, 2.45) is 11.1 Å². The van der Waals surface area contributed by atoms with Crippen molar-refractivity contribution < 1.29 is 21.6 Å². The van der Waals surface area contributed by atoms with Gasteiger partial charge in [-0.3, -0.25) is 19.5 Å². The third-order valence-electron chi connectivity index (χ3n) is 7.55. The van der Waals surface area contributed by atoms with E-state index in [9.17, 15) is 21.6 Å². The Morgan fingerprint density at radius 1 is 0.778 bits per heavy atom. The smallest absolute Gasteiger partial charge is 0.261 e. The number of nitrogens with two attached hydrogens (primary N) is 1. The quantitative estimate of drug-likeness (QED) is 0.226. The number of nitrogens with one attached hydrogen (secondary N) is 2. The Bertz CT molecular complexity index is 2080. The fourth-order valence-corrected chi connectivity index (χ4v) is 6.71. The summed E-state index contributed by atoms with van der Waals surface area (Å²) >= 11 is 0. The summed E-state index contributed by atoms with van der Waals surface area (Å²) in [6, 6.07) is 21.2. The summed E-state index contributed by atoms with van der Waals surface area (Å²) in [6.07, 6.45) is 6.05. The van der Waals surface area contributed by atoms with Crippen LogP contribution in [0.5, 0.6) is 0 Å². The second kappa shape index (κ2) is 12.2. The van der Waals surface area contributed by atoms with E-state index in [1.807, 2.05) is 18.2 Å². The Morgan fingerprint density at radius 3 is 2.22 bits per heavy atom. The molecule has 3 aromatic carbocycles. The van der Waals surface area contributed by atoms with Crippen LogP contribution in [-0.2, 0) is 24.8 Å². The molecule has 1 aliphatic rings. The number of amides is 1. The monoisotopic (exact) mass is 643 g/mol. The maximum absolute atomic E-state index is 12.9. The van der Waals surface area contributed by atoms with E-state index in [1.54, 1.807) is 36.7 Å². The predicted molar refractivity (Wildman–Crippen MR) is 171 cm³/mol. The first-order valence-electron chi connectivity index (χ1n) is 14.0. The summed E-state index contributed by atoms with van der Waals surface area (Å²) < 4.78 is 51.1. The van der Waals surface area contributed by atoms with Gasteiger partial charge in [-0.15, -0.1) is 0 Å². The standard InChI is InChI=1S/C31H29N7O5S2/c32-44(40,41)26-9-7-24(8-10-26)35-31(39)21-12-14-38(15-13-21)30-20-34-28-11-6-22(17-29(28)36-30)23-16-25(19-33-18-23)37-45(42,43)27-4-2-1-3-5-27/h1-11,16-21,37H,12-15H2,(H,35,39)(H2,32,40,41). The van der Waals surface area contributed by atoms with Crippen LogP contribution in [0.3, 0.4) is 0 Å². The molecule has 1 saturated heterocycles. The molecule has 0 saturated carbocycles. The van der Waals surface area contributed by atoms with E-state index in [1.165, 1.54) is 42.6 Å². The van der Waals surface area contributed by atoms with Crippen molar-refractivity contribution in [3.05, 3.63) is 97.5 Å². The molecule has 1 aliphatic heterocycles. The van der Waals surface area contributed by atoms with Crippen LogP contribution in [0.4, 0.5) is 17.2 Å². The first-order chi connectivity index (χ1) is 21.5. The van der Waals surface area contributed by atoms with E-state index in [0.717, 1.165) is 5.56 Å². The number of carbonyl (C=O) groups is 1. The summed E-state index contributed by atoms with van der Waals surface area (Å²) in [6.45, 7) is 1.21. The van der Waals surface area contributed by atoms with Gasteiger partial charge in [0.05, 0.1) is 38.9 Å². The molecule has 14 heteroatoms. The summed E-state index contributed by atoms with van der Waals surface area (Å²) in [5, 5.41) is 7.99. The van der Waals surface area contributed by atoms with Gasteiger partial charge in [0, 0.05) is 36.5 Å². The molecule has 0 unspecified atom stereocenters. The molecule has 1 amide bonds. The lowest BCUT2D eigenvalue weighted by atomic mass is 9.96. The SMILES string of the molecule is NS(=O)(=O)c1ccc(NC(=O)C2CCN(c3cnc4ccc(-c5cncc(NS(=O)(=O)c6ccccc6)c5)cc4n3)CC2)cc1. The normalized spacial score (nSPS) is 14.3. The van der Waals surface area contributed by atoms with Crippen molar-refractivity contribution in [1.29, 1.82) is 0 Å². The molecule has 4 N–H and O–H groups in total. The van der Waals surface area contributed by atoms with Crippen LogP contribution < -0.4 is 20.1 Å². The number of hydrogen-bond donors (Lipinski definition) is 3. The first-order valence-corrected chi connectivity index (χ1v) is 17.1. The maximum atomic E-state index is 12.9. The highest BCUT2D eigenvalue weighted by Crippen LogP contribution is 2.28. The third-order valence-corrected chi connectivity index (χ3v) is 9.87. The van der Waals surface area contributed by atoms with E-state index < -0.39 is 20.0 Å². The van der Waals surface area contributed by atoms with Crippen LogP contribution in [-0.4, -0.2) is 50.8 Å². The number of nitrogens with zero attached hydrogens (tertiary/aromatic N) is 4. The third kappa shape index (κ3) is 6.93. The van der Waals surface area contributed by atoms with Crippen LogP contribution in [0.15, 0.2) is 107 Å². The maximum Gasteiger partial charge on any atom is 0.261 e. The molecule has 6 rings (SSSR count). The summed E-state index contributed by atoms with van der Waals surface area (Å²) in [5.74, 6) is 0.354. The number of fused-ring (bicyclic) bond motifs is 1. The van der Waals surface area contributed by atoms with E-state index in [2.05, 4.69) is 24.9 Å². The predicted octanol–water partition coefficient (Wildman–Crippen LogP) is 4.00. The van der Waals surface area contributed by atoms with Gasteiger partial charge in [-0.05, 0) is 73.0 Å². The number of benzene rings is 3. The molecule has 3 heterocycles. The van der Waals surface area contributed by atoms with Gasteiger partial charge in [-0.25, -0.2) is 27.0 Å². The van der Waals surface area contributed by atoms with Crippen LogP contribution >= 0.6 is 0 Å². The second-order valence-electron chi connectivity index (χ2n) is 10.6. The number of primary sulfonamides is 1. The summed E-state index contributed by atoms with van der Waals surface area (Å²) in [4.78, 5) is 28.8. The van der Waals surface area contributed by atoms with Crippen molar-refractivity contribution in [1.82, 2.24) is 15.0 Å². The number of hydrogen-bond acceptors (Lipinski definition) is 9. The summed E-state index contributed by atoms with van der Waals surface area (Å²) in [7, 11) is -7.57. The van der Waals surface area contributed by atoms with Gasteiger partial charge in [0.1, 0.15) is 5.82 Å². The molecule has 0 aliphatic carbocycles. The van der Waals surface area contributed by atoms with Gasteiger partial charge < -0.3 is 10.2 Å². The molecule has 12 nitrogen and oxygen atoms in total. The van der Waals surface area contributed by atoms with Gasteiger partial charge in [-0.2, -0.15) is 0 Å². The average Bonchev–Trinajstić information content (AvgIpc) is 3.04. The van der Waals surface area contributed by atoms with Crippen molar-refractivity contribution in [3.8, 4) is 11.1 Å². The first kappa shape index (κ1) is 30.1. The molecule has 0 spiro atoms. The lowest BCUT2D eigenvalue weighted by molar-refractivity contribution is -0.120. The fourth-order valence-electron chi connectivity index (χ4n) is 5.14. The lowest BCUT2D eigenvalue weighted by Gasteiger charge is -2.32. The number of piperidine rings is 1. The molecular weight excluding hydrogens is 615 g/mol. The Labute approximate surface area is 260 Å². The Balaban J connectivity index is 1.12. The molecule has 0 bridgehead atoms. The highest BCUT2D eigenvalue weighted by Gasteiger charge is 2.26. The van der Waals surface area contributed by atoms with Crippen LogP contribution in [0, 0.1) is 5.92 Å². The zero-order valence-corrected chi connectivity index (χ0v) is 25.5. The number of rotatable bonds is 8. The second-order valence-corrected chi connectivity index (χ2v) is 13.9. The minimum atomic E-state index is -3.80. The zero-order chi connectivity index (χ0) is 31.6. The minimum absolute atomic E-state index is 0.0195.